The molecule has 0 fully saturated rings. The van der Waals surface area contributed by atoms with Crippen molar-refractivity contribution in [1.29, 1.82) is 0 Å². The van der Waals surface area contributed by atoms with E-state index in [1.54, 1.807) is 67.8 Å². The molecular weight excluding hydrogens is 494 g/mol. The van der Waals surface area contributed by atoms with E-state index in [0.29, 0.717) is 40.5 Å². The van der Waals surface area contributed by atoms with E-state index in [0.717, 1.165) is 5.76 Å². The Morgan fingerprint density at radius 2 is 1.57 bits per heavy atom. The fourth-order valence-electron chi connectivity index (χ4n) is 3.78. The predicted molar refractivity (Wildman–Crippen MR) is 142 cm³/mol. The van der Waals surface area contributed by atoms with Crippen molar-refractivity contribution >= 4 is 44.1 Å². The molecule has 0 radical (unpaired) electrons. The minimum absolute atomic E-state index is 0.0424. The van der Waals surface area contributed by atoms with Crippen LogP contribution in [0.4, 0.5) is 23.0 Å². The number of hydrogen-bond acceptors (Lipinski definition) is 9. The first-order valence-corrected chi connectivity index (χ1v) is 12.8. The summed E-state index contributed by atoms with van der Waals surface area (Å²) in [6.45, 7) is 2.37. The zero-order chi connectivity index (χ0) is 26.0. The minimum Gasteiger partial charge on any atom is -0.497 e. The number of anilines is 4. The second kappa shape index (κ2) is 9.86. The number of allylic oxidation sites excluding steroid dienone is 1. The summed E-state index contributed by atoms with van der Waals surface area (Å²) in [5.41, 5.74) is 2.33. The highest BCUT2D eigenvalue weighted by atomic mass is 32.2. The van der Waals surface area contributed by atoms with Crippen molar-refractivity contribution in [1.82, 2.24) is 9.97 Å². The van der Waals surface area contributed by atoms with E-state index in [-0.39, 0.29) is 16.5 Å². The van der Waals surface area contributed by atoms with Gasteiger partial charge in [-0.2, -0.15) is 0 Å². The molecule has 0 unspecified atom stereocenters. The summed E-state index contributed by atoms with van der Waals surface area (Å²) in [7, 11) is -0.933. The molecule has 11 heteroatoms. The molecule has 4 aromatic rings. The third-order valence-corrected chi connectivity index (χ3v) is 6.97. The van der Waals surface area contributed by atoms with Crippen LogP contribution in [0, 0.1) is 0 Å². The SMILES string of the molecule is COc1cc(Nc2nc3ccccc3nc2NS(=O)(=O)c2cccc(N3CC=C(C)O3)c2)cc(OC)c1. The Bertz CT molecular complexity index is 1580. The maximum absolute atomic E-state index is 13.5. The zero-order valence-electron chi connectivity index (χ0n) is 20.4. The van der Waals surface area contributed by atoms with Crippen molar-refractivity contribution in [3.8, 4) is 11.5 Å². The number of aromatic nitrogens is 2. The molecule has 0 amide bonds. The van der Waals surface area contributed by atoms with Gasteiger partial charge in [-0.1, -0.05) is 18.2 Å². The third-order valence-electron chi connectivity index (χ3n) is 5.63. The van der Waals surface area contributed by atoms with Gasteiger partial charge in [-0.3, -0.25) is 4.72 Å². The number of fused-ring (bicyclic) bond motifs is 1. The van der Waals surface area contributed by atoms with Crippen LogP contribution < -0.4 is 24.6 Å². The van der Waals surface area contributed by atoms with Crippen molar-refractivity contribution < 1.29 is 22.7 Å². The summed E-state index contributed by atoms with van der Waals surface area (Å²) in [4.78, 5) is 14.9. The number of ether oxygens (including phenoxy) is 2. The van der Waals surface area contributed by atoms with Gasteiger partial charge in [0.1, 0.15) is 17.3 Å². The van der Waals surface area contributed by atoms with Crippen molar-refractivity contribution in [2.24, 2.45) is 0 Å². The Hall–Kier alpha value is -4.51. The number of nitrogens with zero attached hydrogens (tertiary/aromatic N) is 3. The van der Waals surface area contributed by atoms with Crippen LogP contribution in [-0.4, -0.2) is 39.2 Å². The van der Waals surface area contributed by atoms with E-state index in [2.05, 4.69) is 20.0 Å². The first kappa shape index (κ1) is 24.2. The number of sulfonamides is 1. The van der Waals surface area contributed by atoms with Gasteiger partial charge >= 0.3 is 0 Å². The lowest BCUT2D eigenvalue weighted by Gasteiger charge is -2.19. The summed E-state index contributed by atoms with van der Waals surface area (Å²) in [5.74, 6) is 2.13. The van der Waals surface area contributed by atoms with E-state index in [1.807, 2.05) is 25.1 Å². The highest BCUT2D eigenvalue weighted by Crippen LogP contribution is 2.32. The molecule has 0 saturated carbocycles. The van der Waals surface area contributed by atoms with Crippen LogP contribution in [-0.2, 0) is 14.9 Å². The average molecular weight is 520 g/mol. The monoisotopic (exact) mass is 519 g/mol. The maximum Gasteiger partial charge on any atom is 0.263 e. The Morgan fingerprint density at radius 1 is 0.892 bits per heavy atom. The summed E-state index contributed by atoms with van der Waals surface area (Å²) in [6, 6.07) is 18.9. The van der Waals surface area contributed by atoms with Gasteiger partial charge in [-0.15, -0.1) is 0 Å². The molecule has 0 atom stereocenters. The molecule has 0 bridgehead atoms. The van der Waals surface area contributed by atoms with Crippen LogP contribution in [0.15, 0.2) is 83.5 Å². The summed E-state index contributed by atoms with van der Waals surface area (Å²) in [5, 5.41) is 4.77. The lowest BCUT2D eigenvalue weighted by molar-refractivity contribution is 0.214. The second-order valence-electron chi connectivity index (χ2n) is 8.21. The highest BCUT2D eigenvalue weighted by molar-refractivity contribution is 7.92. The second-order valence-corrected chi connectivity index (χ2v) is 9.89. The molecule has 2 heterocycles. The maximum atomic E-state index is 13.5. The van der Waals surface area contributed by atoms with E-state index in [4.69, 9.17) is 14.3 Å². The molecule has 0 saturated heterocycles. The number of rotatable bonds is 8. The number of hydroxylamine groups is 1. The van der Waals surface area contributed by atoms with E-state index >= 15 is 0 Å². The lowest BCUT2D eigenvalue weighted by Crippen LogP contribution is -2.19. The van der Waals surface area contributed by atoms with E-state index in [1.165, 1.54) is 6.07 Å². The van der Waals surface area contributed by atoms with Crippen LogP contribution >= 0.6 is 0 Å². The van der Waals surface area contributed by atoms with Crippen LogP contribution in [0.5, 0.6) is 11.5 Å². The minimum atomic E-state index is -4.03. The number of hydrogen-bond donors (Lipinski definition) is 2. The van der Waals surface area contributed by atoms with E-state index in [9.17, 15) is 8.42 Å². The first-order valence-electron chi connectivity index (χ1n) is 11.4. The molecule has 0 spiro atoms. The number of nitrogens with one attached hydrogen (secondary N) is 2. The summed E-state index contributed by atoms with van der Waals surface area (Å²) >= 11 is 0. The molecule has 37 heavy (non-hydrogen) atoms. The standard InChI is InChI=1S/C26H25N5O5S/c1-17-11-12-31(36-17)19-7-6-8-22(15-19)37(32,33)30-26-25(28-23-9-4-5-10-24(23)29-26)27-18-13-20(34-2)16-21(14-18)35-3/h4-11,13-16H,12H2,1-3H3,(H,27,28)(H,29,30). The molecule has 5 rings (SSSR count). The number of benzene rings is 3. The van der Waals surface area contributed by atoms with Gasteiger partial charge in [-0.25, -0.2) is 23.4 Å². The average Bonchev–Trinajstić information content (AvgIpc) is 3.35. The van der Waals surface area contributed by atoms with Gasteiger partial charge in [0, 0.05) is 23.9 Å². The molecule has 1 aliphatic rings. The molecule has 0 aliphatic carbocycles. The molecule has 190 valence electrons. The highest BCUT2D eigenvalue weighted by Gasteiger charge is 2.22. The Morgan fingerprint density at radius 3 is 2.19 bits per heavy atom. The van der Waals surface area contributed by atoms with Crippen LogP contribution in [0.1, 0.15) is 6.92 Å². The quantitative estimate of drug-likeness (QED) is 0.337. The molecular formula is C26H25N5O5S. The van der Waals surface area contributed by atoms with Crippen LogP contribution in [0.2, 0.25) is 0 Å². The fourth-order valence-corrected chi connectivity index (χ4v) is 4.83. The Balaban J connectivity index is 1.52. The van der Waals surface area contributed by atoms with Crippen LogP contribution in [0.3, 0.4) is 0 Å². The summed E-state index contributed by atoms with van der Waals surface area (Å²) < 4.78 is 40.2. The Labute approximate surface area is 214 Å². The van der Waals surface area contributed by atoms with Crippen molar-refractivity contribution in [2.45, 2.75) is 11.8 Å². The molecule has 3 aromatic carbocycles. The summed E-state index contributed by atoms with van der Waals surface area (Å²) in [6.07, 6.45) is 1.91. The van der Waals surface area contributed by atoms with Gasteiger partial charge < -0.3 is 19.6 Å². The molecule has 1 aliphatic heterocycles. The van der Waals surface area contributed by atoms with Crippen molar-refractivity contribution in [3.63, 3.8) is 0 Å². The van der Waals surface area contributed by atoms with Gasteiger partial charge in [0.2, 0.25) is 0 Å². The first-order chi connectivity index (χ1) is 17.8. The zero-order valence-corrected chi connectivity index (χ0v) is 21.2. The lowest BCUT2D eigenvalue weighted by atomic mass is 10.2. The Kier molecular flexibility index (Phi) is 6.45. The van der Waals surface area contributed by atoms with Crippen molar-refractivity contribution in [3.05, 3.63) is 78.6 Å². The van der Waals surface area contributed by atoms with Gasteiger partial charge in [0.25, 0.3) is 10.0 Å². The molecule has 2 N–H and O–H groups in total. The van der Waals surface area contributed by atoms with Crippen molar-refractivity contribution in [2.75, 3.05) is 35.9 Å². The fraction of sp³-hybridized carbons (Fsp3) is 0.154. The van der Waals surface area contributed by atoms with Crippen LogP contribution in [0.25, 0.3) is 11.0 Å². The largest absolute Gasteiger partial charge is 0.497 e. The third kappa shape index (κ3) is 5.21. The van der Waals surface area contributed by atoms with Gasteiger partial charge in [0.05, 0.1) is 42.4 Å². The predicted octanol–water partition coefficient (Wildman–Crippen LogP) is 4.85. The van der Waals surface area contributed by atoms with Gasteiger partial charge in [0.15, 0.2) is 11.6 Å². The number of methoxy groups -OCH3 is 2. The van der Waals surface area contributed by atoms with Gasteiger partial charge in [-0.05, 0) is 43.3 Å². The van der Waals surface area contributed by atoms with E-state index < -0.39 is 10.0 Å². The molecule has 10 nitrogen and oxygen atoms in total. The normalized spacial score (nSPS) is 13.2. The number of para-hydroxylation sites is 2. The topological polar surface area (TPSA) is 115 Å². The smallest absolute Gasteiger partial charge is 0.263 e. The molecule has 1 aromatic heterocycles.